The summed E-state index contributed by atoms with van der Waals surface area (Å²) in [4.78, 5) is 22.4. The summed E-state index contributed by atoms with van der Waals surface area (Å²) in [5, 5.41) is 8.91. The fraction of sp³-hybridized carbons (Fsp3) is 0.429. The Bertz CT molecular complexity index is 424. The second-order valence-corrected chi connectivity index (χ2v) is 4.08. The highest BCUT2D eigenvalue weighted by Crippen LogP contribution is 2.26. The van der Waals surface area contributed by atoms with Crippen molar-refractivity contribution in [2.75, 3.05) is 13.7 Å². The molecule has 5 heteroatoms. The zero-order valence-corrected chi connectivity index (χ0v) is 11.1. The summed E-state index contributed by atoms with van der Waals surface area (Å²) in [6, 6.07) is 7.03. The molecule has 0 unspecified atom stereocenters. The predicted octanol–water partition coefficient (Wildman–Crippen LogP) is 2.21. The van der Waals surface area contributed by atoms with Crippen LogP contribution in [-0.2, 0) is 14.3 Å². The van der Waals surface area contributed by atoms with Crippen molar-refractivity contribution in [1.29, 1.82) is 0 Å². The number of carbonyl (C=O) groups excluding carboxylic acids is 1. The Kier molecular flexibility index (Phi) is 5.85. The van der Waals surface area contributed by atoms with E-state index in [1.807, 2.05) is 0 Å². The molecule has 0 aliphatic rings. The molecule has 0 amide bonds. The number of benzene rings is 1. The van der Waals surface area contributed by atoms with E-state index in [0.29, 0.717) is 12.4 Å². The third kappa shape index (κ3) is 4.99. The first-order valence-corrected chi connectivity index (χ1v) is 6.08. The third-order valence-electron chi connectivity index (χ3n) is 2.73. The van der Waals surface area contributed by atoms with Crippen LogP contribution in [0.3, 0.4) is 0 Å². The first-order valence-electron chi connectivity index (χ1n) is 6.08. The Labute approximate surface area is 112 Å². The van der Waals surface area contributed by atoms with Gasteiger partial charge in [-0.25, -0.2) is 0 Å². The minimum Gasteiger partial charge on any atom is -0.497 e. The SMILES string of the molecule is CCOC(=O)C[C@H](CC(=O)O)c1ccc(OC)cc1. The fourth-order valence-corrected chi connectivity index (χ4v) is 1.82. The molecule has 104 valence electrons. The number of carboxylic acid groups (broad SMARTS) is 1. The van der Waals surface area contributed by atoms with Crippen molar-refractivity contribution in [3.8, 4) is 5.75 Å². The van der Waals surface area contributed by atoms with Gasteiger partial charge >= 0.3 is 11.9 Å². The number of hydrogen-bond acceptors (Lipinski definition) is 4. The molecule has 0 fully saturated rings. The number of methoxy groups -OCH3 is 1. The molecule has 0 aliphatic heterocycles. The molecule has 1 atom stereocenters. The number of ether oxygens (including phenoxy) is 2. The molecular formula is C14H18O5. The van der Waals surface area contributed by atoms with Crippen LogP contribution in [0.4, 0.5) is 0 Å². The molecule has 0 saturated heterocycles. The molecule has 1 aromatic rings. The Balaban J connectivity index is 2.82. The van der Waals surface area contributed by atoms with E-state index in [1.54, 1.807) is 38.3 Å². The highest BCUT2D eigenvalue weighted by molar-refractivity contribution is 5.73. The molecule has 0 radical (unpaired) electrons. The van der Waals surface area contributed by atoms with E-state index in [9.17, 15) is 9.59 Å². The number of carbonyl (C=O) groups is 2. The van der Waals surface area contributed by atoms with Gasteiger partial charge < -0.3 is 14.6 Å². The minimum atomic E-state index is -0.940. The summed E-state index contributed by atoms with van der Waals surface area (Å²) in [5.41, 5.74) is 0.788. The van der Waals surface area contributed by atoms with Crippen LogP contribution in [0.1, 0.15) is 31.2 Å². The van der Waals surface area contributed by atoms with Crippen LogP contribution in [0, 0.1) is 0 Å². The number of esters is 1. The summed E-state index contributed by atoms with van der Waals surface area (Å²) in [5.74, 6) is -1.02. The van der Waals surface area contributed by atoms with Crippen LogP contribution >= 0.6 is 0 Å². The van der Waals surface area contributed by atoms with Gasteiger partial charge in [0.15, 0.2) is 0 Å². The van der Waals surface area contributed by atoms with Gasteiger partial charge in [-0.3, -0.25) is 9.59 Å². The van der Waals surface area contributed by atoms with Crippen molar-refractivity contribution in [2.24, 2.45) is 0 Å². The van der Waals surface area contributed by atoms with Gasteiger partial charge in [0.05, 0.1) is 26.6 Å². The number of aliphatic carboxylic acids is 1. The van der Waals surface area contributed by atoms with Gasteiger partial charge in [0.1, 0.15) is 5.75 Å². The van der Waals surface area contributed by atoms with Gasteiger partial charge in [-0.15, -0.1) is 0 Å². The maximum Gasteiger partial charge on any atom is 0.306 e. The standard InChI is InChI=1S/C14H18O5/c1-3-19-14(17)9-11(8-13(15)16)10-4-6-12(18-2)7-5-10/h4-7,11H,3,8-9H2,1-2H3,(H,15,16)/t11-/m0/s1. The topological polar surface area (TPSA) is 72.8 Å². The first kappa shape index (κ1) is 15.0. The Morgan fingerprint density at radius 1 is 1.21 bits per heavy atom. The largest absolute Gasteiger partial charge is 0.497 e. The van der Waals surface area contributed by atoms with E-state index in [0.717, 1.165) is 5.56 Å². The summed E-state index contributed by atoms with van der Waals surface area (Å²) >= 11 is 0. The van der Waals surface area contributed by atoms with Gasteiger partial charge in [-0.2, -0.15) is 0 Å². The molecule has 0 saturated carbocycles. The first-order chi connectivity index (χ1) is 9.06. The lowest BCUT2D eigenvalue weighted by molar-refractivity contribution is -0.144. The quantitative estimate of drug-likeness (QED) is 0.766. The summed E-state index contributed by atoms with van der Waals surface area (Å²) in [6.45, 7) is 2.01. The molecule has 0 aliphatic carbocycles. The van der Waals surface area contributed by atoms with Gasteiger partial charge in [0, 0.05) is 5.92 Å². The Morgan fingerprint density at radius 3 is 2.32 bits per heavy atom. The smallest absolute Gasteiger partial charge is 0.306 e. The van der Waals surface area contributed by atoms with Crippen molar-refractivity contribution in [3.05, 3.63) is 29.8 Å². The average Bonchev–Trinajstić information content (AvgIpc) is 2.38. The zero-order valence-electron chi connectivity index (χ0n) is 11.1. The lowest BCUT2D eigenvalue weighted by Gasteiger charge is -2.14. The number of carboxylic acids is 1. The third-order valence-corrected chi connectivity index (χ3v) is 2.73. The molecule has 1 aromatic carbocycles. The van der Waals surface area contributed by atoms with Gasteiger partial charge in [-0.1, -0.05) is 12.1 Å². The van der Waals surface area contributed by atoms with Crippen LogP contribution in [0.5, 0.6) is 5.75 Å². The molecule has 5 nitrogen and oxygen atoms in total. The van der Waals surface area contributed by atoms with Crippen molar-refractivity contribution < 1.29 is 24.2 Å². The lowest BCUT2D eigenvalue weighted by atomic mass is 9.92. The van der Waals surface area contributed by atoms with E-state index in [-0.39, 0.29) is 24.7 Å². The minimum absolute atomic E-state index is 0.0620. The van der Waals surface area contributed by atoms with E-state index >= 15 is 0 Å². The van der Waals surface area contributed by atoms with Gasteiger partial charge in [-0.05, 0) is 24.6 Å². The summed E-state index contributed by atoms with van der Waals surface area (Å²) < 4.78 is 9.91. The average molecular weight is 266 g/mol. The molecule has 0 heterocycles. The second-order valence-electron chi connectivity index (χ2n) is 4.08. The highest BCUT2D eigenvalue weighted by Gasteiger charge is 2.20. The van der Waals surface area contributed by atoms with Gasteiger partial charge in [0.2, 0.25) is 0 Å². The van der Waals surface area contributed by atoms with Crippen LogP contribution in [-0.4, -0.2) is 30.8 Å². The maximum atomic E-state index is 11.5. The fourth-order valence-electron chi connectivity index (χ4n) is 1.82. The predicted molar refractivity (Wildman–Crippen MR) is 69.2 cm³/mol. The Hall–Kier alpha value is -2.04. The van der Waals surface area contributed by atoms with Crippen LogP contribution in [0.2, 0.25) is 0 Å². The summed E-state index contributed by atoms with van der Waals surface area (Å²) in [7, 11) is 1.56. The molecule has 0 bridgehead atoms. The van der Waals surface area contributed by atoms with E-state index in [1.165, 1.54) is 0 Å². The van der Waals surface area contributed by atoms with E-state index in [4.69, 9.17) is 14.6 Å². The highest BCUT2D eigenvalue weighted by atomic mass is 16.5. The second kappa shape index (κ2) is 7.41. The van der Waals surface area contributed by atoms with E-state index in [2.05, 4.69) is 0 Å². The van der Waals surface area contributed by atoms with Crippen molar-refractivity contribution in [2.45, 2.75) is 25.7 Å². The monoisotopic (exact) mass is 266 g/mol. The van der Waals surface area contributed by atoms with Crippen molar-refractivity contribution >= 4 is 11.9 Å². The van der Waals surface area contributed by atoms with Crippen molar-refractivity contribution in [1.82, 2.24) is 0 Å². The number of rotatable bonds is 7. The van der Waals surface area contributed by atoms with Crippen LogP contribution in [0.25, 0.3) is 0 Å². The molecular weight excluding hydrogens is 248 g/mol. The van der Waals surface area contributed by atoms with E-state index < -0.39 is 5.97 Å². The molecule has 1 N–H and O–H groups in total. The van der Waals surface area contributed by atoms with Gasteiger partial charge in [0.25, 0.3) is 0 Å². The van der Waals surface area contributed by atoms with Crippen LogP contribution in [0.15, 0.2) is 24.3 Å². The summed E-state index contributed by atoms with van der Waals surface area (Å²) in [6.07, 6.45) is -0.0440. The number of hydrogen-bond donors (Lipinski definition) is 1. The lowest BCUT2D eigenvalue weighted by Crippen LogP contribution is -2.13. The Morgan fingerprint density at radius 2 is 1.84 bits per heavy atom. The normalized spacial score (nSPS) is 11.7. The molecule has 0 aromatic heterocycles. The van der Waals surface area contributed by atoms with Crippen molar-refractivity contribution in [3.63, 3.8) is 0 Å². The van der Waals surface area contributed by atoms with Crippen LogP contribution < -0.4 is 4.74 Å². The zero-order chi connectivity index (χ0) is 14.3. The maximum absolute atomic E-state index is 11.5. The molecule has 1 rings (SSSR count). The molecule has 19 heavy (non-hydrogen) atoms. The molecule has 0 spiro atoms.